The van der Waals surface area contributed by atoms with Crippen molar-refractivity contribution in [1.29, 1.82) is 0 Å². The van der Waals surface area contributed by atoms with Crippen molar-refractivity contribution in [2.75, 3.05) is 6.54 Å². The molecule has 1 aliphatic heterocycles. The molecule has 2 heterocycles. The Bertz CT molecular complexity index is 803. The van der Waals surface area contributed by atoms with E-state index < -0.39 is 8.32 Å². The molecule has 1 fully saturated rings. The normalized spacial score (nSPS) is 19.7. The average Bonchev–Trinajstić information content (AvgIpc) is 3.01. The summed E-state index contributed by atoms with van der Waals surface area (Å²) in [5.74, 6) is 0.159. The molecule has 8 heteroatoms. The molecule has 0 aliphatic carbocycles. The predicted octanol–water partition coefficient (Wildman–Crippen LogP) is 5.82. The van der Waals surface area contributed by atoms with Crippen molar-refractivity contribution < 1.29 is 9.22 Å². The van der Waals surface area contributed by atoms with Crippen LogP contribution >= 0.6 is 33.1 Å². The molecule has 1 saturated heterocycles. The second-order valence-electron chi connectivity index (χ2n) is 8.20. The van der Waals surface area contributed by atoms with Gasteiger partial charge in [0.2, 0.25) is 5.91 Å². The van der Waals surface area contributed by atoms with Crippen LogP contribution in [0.1, 0.15) is 27.7 Å². The van der Waals surface area contributed by atoms with E-state index >= 15 is 0 Å². The number of para-hydroxylation sites is 1. The number of hydrogen-bond donors (Lipinski definition) is 0. The van der Waals surface area contributed by atoms with Crippen LogP contribution in [-0.2, 0) is 9.22 Å². The van der Waals surface area contributed by atoms with Gasteiger partial charge in [-0.25, -0.2) is 4.98 Å². The monoisotopic (exact) mass is 426 g/mol. The first-order valence-corrected chi connectivity index (χ1v) is 14.7. The van der Waals surface area contributed by atoms with Crippen molar-refractivity contribution in [3.8, 4) is 0 Å². The number of rotatable bonds is 6. The first-order valence-electron chi connectivity index (χ1n) is 8.76. The Kier molecular flexibility index (Phi) is 5.80. The number of carbonyl (C=O) groups excluding carboxylic acids is 1. The highest BCUT2D eigenvalue weighted by molar-refractivity contribution is 8.76. The summed E-state index contributed by atoms with van der Waals surface area (Å²) in [6.45, 7) is 14.0. The first kappa shape index (κ1) is 20.2. The maximum atomic E-state index is 12.6. The summed E-state index contributed by atoms with van der Waals surface area (Å²) < 4.78 is 9.42. The Labute approximate surface area is 168 Å². The van der Waals surface area contributed by atoms with Gasteiger partial charge >= 0.3 is 0 Å². The Morgan fingerprint density at radius 1 is 1.38 bits per heavy atom. The van der Waals surface area contributed by atoms with Crippen LogP contribution in [0.25, 0.3) is 10.2 Å². The van der Waals surface area contributed by atoms with E-state index in [1.54, 1.807) is 22.1 Å². The van der Waals surface area contributed by atoms with Gasteiger partial charge in [0.1, 0.15) is 0 Å². The van der Waals surface area contributed by atoms with Crippen LogP contribution in [0, 0.1) is 5.92 Å². The largest absolute Gasteiger partial charge is 0.413 e. The fourth-order valence-corrected chi connectivity index (χ4v) is 7.08. The summed E-state index contributed by atoms with van der Waals surface area (Å²) >= 11 is 1.64. The Balaban J connectivity index is 1.55. The molecular weight excluding hydrogens is 400 g/mol. The Morgan fingerprint density at radius 3 is 2.77 bits per heavy atom. The molecule has 1 aromatic heterocycles. The second kappa shape index (κ2) is 7.47. The quantitative estimate of drug-likeness (QED) is 0.252. The van der Waals surface area contributed by atoms with Crippen LogP contribution < -0.4 is 0 Å². The van der Waals surface area contributed by atoms with Crippen LogP contribution in [0.3, 0.4) is 0 Å². The third kappa shape index (κ3) is 3.99. The summed E-state index contributed by atoms with van der Waals surface area (Å²) in [6, 6.07) is 6.18. The van der Waals surface area contributed by atoms with Gasteiger partial charge in [0.05, 0.1) is 27.7 Å². The highest BCUT2D eigenvalue weighted by atomic mass is 33.1. The Hall–Kier alpha value is -0.543. The van der Waals surface area contributed by atoms with Crippen molar-refractivity contribution in [1.82, 2.24) is 9.29 Å². The molecule has 2 atom stereocenters. The lowest BCUT2D eigenvalue weighted by Crippen LogP contribution is -2.56. The summed E-state index contributed by atoms with van der Waals surface area (Å²) in [7, 11) is 1.27. The van der Waals surface area contributed by atoms with Crippen LogP contribution in [0.15, 0.2) is 28.6 Å². The van der Waals surface area contributed by atoms with Crippen LogP contribution in [-0.4, -0.2) is 36.2 Å². The summed E-state index contributed by atoms with van der Waals surface area (Å²) in [6.07, 6.45) is -0.0211. The van der Waals surface area contributed by atoms with Crippen molar-refractivity contribution in [3.05, 3.63) is 23.7 Å². The molecular formula is C18H26N2O2S3Si. The van der Waals surface area contributed by atoms with Gasteiger partial charge in [-0.05, 0) is 48.0 Å². The molecule has 3 rings (SSSR count). The molecule has 0 N–H and O–H groups in total. The van der Waals surface area contributed by atoms with Crippen LogP contribution in [0.5, 0.6) is 0 Å². The van der Waals surface area contributed by atoms with E-state index in [0.29, 0.717) is 0 Å². The van der Waals surface area contributed by atoms with E-state index in [1.165, 1.54) is 15.7 Å². The first-order chi connectivity index (χ1) is 12.1. The van der Waals surface area contributed by atoms with E-state index in [2.05, 4.69) is 51.0 Å². The van der Waals surface area contributed by atoms with Gasteiger partial charge in [0, 0.05) is 22.4 Å². The van der Waals surface area contributed by atoms with E-state index in [9.17, 15) is 4.79 Å². The number of amides is 1. The van der Waals surface area contributed by atoms with E-state index in [-0.39, 0.29) is 23.0 Å². The molecule has 0 radical (unpaired) electrons. The number of aromatic nitrogens is 1. The zero-order chi connectivity index (χ0) is 19.1. The van der Waals surface area contributed by atoms with Crippen LogP contribution in [0.4, 0.5) is 0 Å². The van der Waals surface area contributed by atoms with Crippen LogP contribution in [0.2, 0.25) is 18.1 Å². The van der Waals surface area contributed by atoms with Crippen molar-refractivity contribution in [3.63, 3.8) is 0 Å². The third-order valence-electron chi connectivity index (χ3n) is 5.32. The zero-order valence-corrected chi connectivity index (χ0v) is 19.6. The molecule has 2 aromatic rings. The zero-order valence-electron chi connectivity index (χ0n) is 16.1. The fraction of sp³-hybridized carbons (Fsp3) is 0.556. The molecule has 0 saturated carbocycles. The minimum atomic E-state index is -1.85. The number of nitrogens with zero attached hydrogens (tertiary/aromatic N) is 2. The van der Waals surface area contributed by atoms with Crippen molar-refractivity contribution >= 4 is 57.6 Å². The van der Waals surface area contributed by atoms with Gasteiger partial charge in [0.25, 0.3) is 0 Å². The highest BCUT2D eigenvalue weighted by Gasteiger charge is 2.46. The van der Waals surface area contributed by atoms with Gasteiger partial charge < -0.3 is 4.43 Å². The summed E-state index contributed by atoms with van der Waals surface area (Å²) in [5.41, 5.74) is 2.89. The summed E-state index contributed by atoms with van der Waals surface area (Å²) in [4.78, 5) is 18.1. The molecule has 1 aliphatic rings. The van der Waals surface area contributed by atoms with E-state index in [1.807, 2.05) is 22.8 Å². The molecule has 142 valence electrons. The topological polar surface area (TPSA) is 42.4 Å². The Morgan fingerprint density at radius 2 is 2.12 bits per heavy atom. The number of thiazole rings is 1. The SMILES string of the molecule is C[C@@H](O[Si](C)(C)C(C)(C)C)[C@@H]1CN(SSc2cccc3scnc23)C1=O. The molecule has 0 spiro atoms. The second-order valence-corrected chi connectivity index (χ2v) is 16.0. The molecule has 4 nitrogen and oxygen atoms in total. The lowest BCUT2D eigenvalue weighted by Gasteiger charge is -2.44. The average molecular weight is 427 g/mol. The van der Waals surface area contributed by atoms with Crippen molar-refractivity contribution in [2.24, 2.45) is 5.92 Å². The van der Waals surface area contributed by atoms with Gasteiger partial charge in [0.15, 0.2) is 8.32 Å². The number of β-lactam (4-membered cyclic amide) rings is 1. The van der Waals surface area contributed by atoms with Gasteiger partial charge in [-0.3, -0.25) is 9.10 Å². The van der Waals surface area contributed by atoms with Gasteiger partial charge in [-0.2, -0.15) is 0 Å². The number of fused-ring (bicyclic) bond motifs is 1. The maximum absolute atomic E-state index is 12.6. The third-order valence-corrected chi connectivity index (χ3v) is 13.1. The summed E-state index contributed by atoms with van der Waals surface area (Å²) in [5, 5.41) is 0.157. The molecule has 1 amide bonds. The maximum Gasteiger partial charge on any atom is 0.240 e. The van der Waals surface area contributed by atoms with Gasteiger partial charge in [-0.15, -0.1) is 11.3 Å². The molecule has 0 unspecified atom stereocenters. The molecule has 0 bridgehead atoms. The van der Waals surface area contributed by atoms with E-state index in [0.717, 1.165) is 17.0 Å². The standard InChI is InChI=1S/C18H26N2O2S3Si/c1-12(22-26(5,6)18(2,3)4)13-10-20(17(13)21)25-24-15-9-7-8-14-16(15)19-11-23-14/h7-9,11-13H,10H2,1-6H3/t12-,13+/m1/s1. The molecule has 26 heavy (non-hydrogen) atoms. The minimum Gasteiger partial charge on any atom is -0.413 e. The minimum absolute atomic E-state index is 0.0210. The number of carbonyl (C=O) groups is 1. The lowest BCUT2D eigenvalue weighted by molar-refractivity contribution is -0.143. The van der Waals surface area contributed by atoms with Crippen molar-refractivity contribution in [2.45, 2.75) is 56.8 Å². The number of hydrogen-bond acceptors (Lipinski definition) is 6. The number of benzene rings is 1. The van der Waals surface area contributed by atoms with E-state index in [4.69, 9.17) is 4.43 Å². The fourth-order valence-electron chi connectivity index (χ4n) is 2.57. The molecule has 1 aromatic carbocycles. The lowest BCUT2D eigenvalue weighted by atomic mass is 9.96. The predicted molar refractivity (Wildman–Crippen MR) is 116 cm³/mol. The highest BCUT2D eigenvalue weighted by Crippen LogP contribution is 2.44. The smallest absolute Gasteiger partial charge is 0.240 e. The van der Waals surface area contributed by atoms with Gasteiger partial charge in [-0.1, -0.05) is 26.8 Å².